The van der Waals surface area contributed by atoms with E-state index in [1.165, 1.54) is 0 Å². The van der Waals surface area contributed by atoms with E-state index in [1.54, 1.807) is 24.3 Å². The van der Waals surface area contributed by atoms with Gasteiger partial charge in [0.05, 0.1) is 6.54 Å². The molecule has 1 aliphatic heterocycles. The lowest BCUT2D eigenvalue weighted by Crippen LogP contribution is -2.46. The van der Waals surface area contributed by atoms with Gasteiger partial charge in [0.2, 0.25) is 0 Å². The summed E-state index contributed by atoms with van der Waals surface area (Å²) in [4.78, 5) is 25.8. The minimum absolute atomic E-state index is 0.00584. The smallest absolute Gasteiger partial charge is 0.411 e. The molecular weight excluding hydrogens is 350 g/mol. The molecule has 2 N–H and O–H groups in total. The molecule has 1 heterocycles. The highest BCUT2D eigenvalue weighted by Crippen LogP contribution is 2.22. The number of aliphatic hydroxyl groups is 2. The Balaban J connectivity index is 1.62. The van der Waals surface area contributed by atoms with E-state index in [1.807, 2.05) is 36.4 Å². The Labute approximate surface area is 156 Å². The second-order valence-electron chi connectivity index (χ2n) is 6.29. The van der Waals surface area contributed by atoms with Crippen LogP contribution in [0.5, 0.6) is 0 Å². The third kappa shape index (κ3) is 4.64. The molecule has 1 amide bonds. The first-order valence-electron chi connectivity index (χ1n) is 8.60. The average molecular weight is 371 g/mol. The predicted molar refractivity (Wildman–Crippen MR) is 95.4 cm³/mol. The molecule has 0 bridgehead atoms. The quantitative estimate of drug-likeness (QED) is 0.773. The van der Waals surface area contributed by atoms with Gasteiger partial charge in [-0.3, -0.25) is 4.90 Å². The number of carbonyl (C=O) groups excluding carboxylic acids is 2. The van der Waals surface area contributed by atoms with Crippen molar-refractivity contribution in [2.45, 2.75) is 31.5 Å². The third-order valence-corrected chi connectivity index (χ3v) is 4.34. The van der Waals surface area contributed by atoms with E-state index in [2.05, 4.69) is 0 Å². The molecule has 0 aliphatic carbocycles. The predicted octanol–water partition coefficient (Wildman–Crippen LogP) is 1.47. The van der Waals surface area contributed by atoms with Crippen LogP contribution in [0.25, 0.3) is 0 Å². The van der Waals surface area contributed by atoms with Gasteiger partial charge in [0.1, 0.15) is 25.4 Å². The highest BCUT2D eigenvalue weighted by molar-refractivity contribution is 5.83. The van der Waals surface area contributed by atoms with Crippen LogP contribution in [-0.4, -0.2) is 52.0 Å². The molecular formula is C20H21NO6. The molecule has 7 nitrogen and oxygen atoms in total. The maximum Gasteiger partial charge on any atom is 0.411 e. The number of rotatable bonds is 5. The van der Waals surface area contributed by atoms with Crippen LogP contribution in [0.1, 0.15) is 11.1 Å². The Kier molecular flexibility index (Phi) is 6.05. The Bertz CT molecular complexity index is 767. The number of carbonyl (C=O) groups is 2. The number of hydrogen-bond donors (Lipinski definition) is 2. The van der Waals surface area contributed by atoms with Crippen molar-refractivity contribution in [2.75, 3.05) is 6.54 Å². The molecule has 27 heavy (non-hydrogen) atoms. The van der Waals surface area contributed by atoms with E-state index in [9.17, 15) is 19.8 Å². The molecule has 1 fully saturated rings. The number of nitrogens with zero attached hydrogens (tertiary/aromatic N) is 1. The molecule has 3 atom stereocenters. The van der Waals surface area contributed by atoms with Crippen LogP contribution in [0.2, 0.25) is 0 Å². The lowest BCUT2D eigenvalue weighted by Gasteiger charge is -2.23. The summed E-state index contributed by atoms with van der Waals surface area (Å²) in [7, 11) is 0. The molecule has 2 aromatic rings. The van der Waals surface area contributed by atoms with Crippen LogP contribution in [-0.2, 0) is 27.5 Å². The molecule has 1 aliphatic rings. The molecule has 1 saturated heterocycles. The zero-order valence-corrected chi connectivity index (χ0v) is 14.6. The number of β-amino-alcohol motifs (C(OH)–C–C–N with tert-alkyl or cyclic N) is 1. The summed E-state index contributed by atoms with van der Waals surface area (Å²) in [6, 6.07) is 16.8. The summed E-state index contributed by atoms with van der Waals surface area (Å²) in [5.41, 5.74) is 1.56. The Morgan fingerprint density at radius 3 is 1.96 bits per heavy atom. The van der Waals surface area contributed by atoms with Crippen LogP contribution in [0.3, 0.4) is 0 Å². The number of ether oxygens (including phenoxy) is 2. The van der Waals surface area contributed by atoms with Crippen LogP contribution >= 0.6 is 0 Å². The van der Waals surface area contributed by atoms with E-state index in [-0.39, 0.29) is 19.8 Å². The molecule has 142 valence electrons. The topological polar surface area (TPSA) is 96.3 Å². The van der Waals surface area contributed by atoms with Gasteiger partial charge in [0, 0.05) is 0 Å². The van der Waals surface area contributed by atoms with Crippen LogP contribution < -0.4 is 0 Å². The monoisotopic (exact) mass is 371 g/mol. The van der Waals surface area contributed by atoms with Gasteiger partial charge in [-0.2, -0.15) is 0 Å². The number of amides is 1. The standard InChI is InChI=1S/C20H21NO6/c22-16-11-21(20(25)27-13-15-9-5-2-6-10-15)17(18(16)23)19(24)26-12-14-7-3-1-4-8-14/h1-10,16-18,22-23H,11-13H2/t16-,17+,18-/m1/s1. The highest BCUT2D eigenvalue weighted by Gasteiger charge is 2.48. The zero-order valence-electron chi connectivity index (χ0n) is 14.6. The summed E-state index contributed by atoms with van der Waals surface area (Å²) < 4.78 is 10.4. The van der Waals surface area contributed by atoms with Gasteiger partial charge in [0.15, 0.2) is 6.04 Å². The first kappa shape index (κ1) is 18.9. The van der Waals surface area contributed by atoms with E-state index in [0.717, 1.165) is 16.0 Å². The van der Waals surface area contributed by atoms with E-state index < -0.39 is 30.3 Å². The fraction of sp³-hybridized carbons (Fsp3) is 0.300. The number of aliphatic hydroxyl groups excluding tert-OH is 2. The number of benzene rings is 2. The van der Waals surface area contributed by atoms with Crippen molar-refractivity contribution in [3.8, 4) is 0 Å². The van der Waals surface area contributed by atoms with Gasteiger partial charge in [-0.25, -0.2) is 9.59 Å². The summed E-state index contributed by atoms with van der Waals surface area (Å²) in [5, 5.41) is 20.0. The van der Waals surface area contributed by atoms with E-state index in [0.29, 0.717) is 0 Å². The van der Waals surface area contributed by atoms with E-state index >= 15 is 0 Å². The van der Waals surface area contributed by atoms with Crippen LogP contribution in [0, 0.1) is 0 Å². The van der Waals surface area contributed by atoms with Gasteiger partial charge < -0.3 is 19.7 Å². The Hall–Kier alpha value is -2.90. The molecule has 0 radical (unpaired) electrons. The molecule has 0 unspecified atom stereocenters. The molecule has 0 aromatic heterocycles. The van der Waals surface area contributed by atoms with Crippen molar-refractivity contribution in [3.63, 3.8) is 0 Å². The second-order valence-corrected chi connectivity index (χ2v) is 6.29. The molecule has 7 heteroatoms. The first-order valence-corrected chi connectivity index (χ1v) is 8.60. The van der Waals surface area contributed by atoms with Crippen molar-refractivity contribution in [2.24, 2.45) is 0 Å². The minimum atomic E-state index is -1.43. The average Bonchev–Trinajstić information content (AvgIpc) is 3.00. The van der Waals surface area contributed by atoms with Crippen LogP contribution in [0.4, 0.5) is 4.79 Å². The zero-order chi connectivity index (χ0) is 19.2. The fourth-order valence-electron chi connectivity index (χ4n) is 2.89. The lowest BCUT2D eigenvalue weighted by molar-refractivity contribution is -0.153. The molecule has 3 rings (SSSR count). The maximum absolute atomic E-state index is 12.4. The van der Waals surface area contributed by atoms with Gasteiger partial charge in [-0.05, 0) is 11.1 Å². The highest BCUT2D eigenvalue weighted by atomic mass is 16.6. The van der Waals surface area contributed by atoms with Gasteiger partial charge in [-0.15, -0.1) is 0 Å². The molecule has 0 spiro atoms. The normalized spacial score (nSPS) is 21.7. The first-order chi connectivity index (χ1) is 13.1. The van der Waals surface area contributed by atoms with Crippen molar-refractivity contribution in [1.29, 1.82) is 0 Å². The summed E-state index contributed by atoms with van der Waals surface area (Å²) >= 11 is 0. The second kappa shape index (κ2) is 8.66. The largest absolute Gasteiger partial charge is 0.459 e. The van der Waals surface area contributed by atoms with Crippen molar-refractivity contribution < 1.29 is 29.3 Å². The lowest BCUT2D eigenvalue weighted by atomic mass is 10.1. The van der Waals surface area contributed by atoms with Crippen molar-refractivity contribution in [3.05, 3.63) is 71.8 Å². The van der Waals surface area contributed by atoms with Gasteiger partial charge in [0.25, 0.3) is 0 Å². The third-order valence-electron chi connectivity index (χ3n) is 4.34. The fourth-order valence-corrected chi connectivity index (χ4v) is 2.89. The van der Waals surface area contributed by atoms with Gasteiger partial charge >= 0.3 is 12.1 Å². The van der Waals surface area contributed by atoms with Crippen molar-refractivity contribution >= 4 is 12.1 Å². The molecule has 0 saturated carbocycles. The summed E-state index contributed by atoms with van der Waals surface area (Å²) in [6.07, 6.45) is -3.47. The number of hydrogen-bond acceptors (Lipinski definition) is 6. The Morgan fingerprint density at radius 1 is 0.889 bits per heavy atom. The number of likely N-dealkylation sites (tertiary alicyclic amines) is 1. The minimum Gasteiger partial charge on any atom is -0.459 e. The van der Waals surface area contributed by atoms with Crippen LogP contribution in [0.15, 0.2) is 60.7 Å². The molecule has 2 aromatic carbocycles. The SMILES string of the molecule is O=C(OCc1ccccc1)[C@@H]1[C@H](O)[C@H](O)CN1C(=O)OCc1ccccc1. The maximum atomic E-state index is 12.4. The number of esters is 1. The Morgan fingerprint density at radius 2 is 1.41 bits per heavy atom. The summed E-state index contributed by atoms with van der Waals surface area (Å²) in [5.74, 6) is -0.792. The van der Waals surface area contributed by atoms with E-state index in [4.69, 9.17) is 9.47 Å². The van der Waals surface area contributed by atoms with Gasteiger partial charge in [-0.1, -0.05) is 60.7 Å². The van der Waals surface area contributed by atoms with Crippen molar-refractivity contribution in [1.82, 2.24) is 4.90 Å². The summed E-state index contributed by atoms with van der Waals surface area (Å²) in [6.45, 7) is -0.181.